The summed E-state index contributed by atoms with van der Waals surface area (Å²) < 4.78 is 0. The lowest BCUT2D eigenvalue weighted by Crippen LogP contribution is -2.33. The van der Waals surface area contributed by atoms with Crippen LogP contribution in [0.3, 0.4) is 0 Å². The van der Waals surface area contributed by atoms with Crippen molar-refractivity contribution in [1.82, 2.24) is 15.3 Å². The molecule has 0 spiro atoms. The standard InChI is InChI=1S/C10H16N4S/c1-8(2)14-9(7-11)3-6-15-10-12-4-5-13-10/h4-5,8-9,14H,3,6H2,1-2H3,(H,12,13). The van der Waals surface area contributed by atoms with E-state index < -0.39 is 0 Å². The molecule has 4 nitrogen and oxygen atoms in total. The molecule has 1 atom stereocenters. The first-order valence-corrected chi connectivity index (χ1v) is 5.98. The van der Waals surface area contributed by atoms with Gasteiger partial charge in [-0.1, -0.05) is 11.8 Å². The lowest BCUT2D eigenvalue weighted by atomic mass is 10.2. The van der Waals surface area contributed by atoms with E-state index in [4.69, 9.17) is 5.26 Å². The van der Waals surface area contributed by atoms with Crippen molar-refractivity contribution >= 4 is 11.8 Å². The molecule has 0 amide bonds. The summed E-state index contributed by atoms with van der Waals surface area (Å²) in [6, 6.07) is 2.55. The molecule has 0 aliphatic rings. The molecule has 1 aromatic heterocycles. The van der Waals surface area contributed by atoms with Crippen LogP contribution in [0.25, 0.3) is 0 Å². The fraction of sp³-hybridized carbons (Fsp3) is 0.600. The molecule has 1 unspecified atom stereocenters. The SMILES string of the molecule is CC(C)NC(C#N)CCSc1ncc[nH]1. The number of thioether (sulfide) groups is 1. The molecule has 0 aliphatic carbocycles. The van der Waals surface area contributed by atoms with Crippen LogP contribution in [-0.2, 0) is 0 Å². The Morgan fingerprint density at radius 1 is 1.67 bits per heavy atom. The number of imidazole rings is 1. The van der Waals surface area contributed by atoms with Gasteiger partial charge in [-0.3, -0.25) is 5.32 Å². The first-order valence-electron chi connectivity index (χ1n) is 5.00. The maximum Gasteiger partial charge on any atom is 0.165 e. The Hall–Kier alpha value is -0.990. The lowest BCUT2D eigenvalue weighted by Gasteiger charge is -2.13. The number of aromatic nitrogens is 2. The van der Waals surface area contributed by atoms with Crippen molar-refractivity contribution in [2.45, 2.75) is 37.5 Å². The van der Waals surface area contributed by atoms with Crippen molar-refractivity contribution in [2.75, 3.05) is 5.75 Å². The van der Waals surface area contributed by atoms with Gasteiger partial charge in [0.25, 0.3) is 0 Å². The second kappa shape index (κ2) is 6.49. The third-order valence-electron chi connectivity index (χ3n) is 1.81. The first kappa shape index (κ1) is 12.1. The number of aromatic amines is 1. The highest BCUT2D eigenvalue weighted by Crippen LogP contribution is 2.13. The minimum absolute atomic E-state index is 0.0625. The highest BCUT2D eigenvalue weighted by Gasteiger charge is 2.08. The predicted octanol–water partition coefficient (Wildman–Crippen LogP) is 1.78. The quantitative estimate of drug-likeness (QED) is 0.723. The van der Waals surface area contributed by atoms with E-state index in [-0.39, 0.29) is 6.04 Å². The summed E-state index contributed by atoms with van der Waals surface area (Å²) in [6.45, 7) is 4.09. The topological polar surface area (TPSA) is 64.5 Å². The second-order valence-corrected chi connectivity index (χ2v) is 4.62. The number of nitriles is 1. The lowest BCUT2D eigenvalue weighted by molar-refractivity contribution is 0.522. The van der Waals surface area contributed by atoms with Gasteiger partial charge in [-0.15, -0.1) is 0 Å². The maximum absolute atomic E-state index is 8.89. The van der Waals surface area contributed by atoms with Crippen molar-refractivity contribution in [1.29, 1.82) is 5.26 Å². The molecule has 0 fully saturated rings. The third-order valence-corrected chi connectivity index (χ3v) is 2.75. The van der Waals surface area contributed by atoms with Crippen LogP contribution >= 0.6 is 11.8 Å². The summed E-state index contributed by atoms with van der Waals surface area (Å²) in [6.07, 6.45) is 4.37. The zero-order valence-corrected chi connectivity index (χ0v) is 9.84. The van der Waals surface area contributed by atoms with Crippen molar-refractivity contribution in [3.8, 4) is 6.07 Å². The number of H-pyrrole nitrogens is 1. The normalized spacial score (nSPS) is 12.7. The number of nitrogens with one attached hydrogen (secondary N) is 2. The molecular weight excluding hydrogens is 208 g/mol. The van der Waals surface area contributed by atoms with Crippen LogP contribution in [0.4, 0.5) is 0 Å². The van der Waals surface area contributed by atoms with Gasteiger partial charge in [-0.25, -0.2) is 4.98 Å². The Balaban J connectivity index is 2.21. The van der Waals surface area contributed by atoms with Gasteiger partial charge in [0.05, 0.1) is 12.1 Å². The smallest absolute Gasteiger partial charge is 0.165 e. The summed E-state index contributed by atoms with van der Waals surface area (Å²) in [5.74, 6) is 0.894. The number of hydrogen-bond donors (Lipinski definition) is 2. The monoisotopic (exact) mass is 224 g/mol. The fourth-order valence-electron chi connectivity index (χ4n) is 1.19. The predicted molar refractivity (Wildman–Crippen MR) is 61.6 cm³/mol. The van der Waals surface area contributed by atoms with Crippen molar-refractivity contribution in [2.24, 2.45) is 0 Å². The van der Waals surface area contributed by atoms with Crippen molar-refractivity contribution in [3.05, 3.63) is 12.4 Å². The average molecular weight is 224 g/mol. The summed E-state index contributed by atoms with van der Waals surface area (Å²) in [5.41, 5.74) is 0. The summed E-state index contributed by atoms with van der Waals surface area (Å²) in [4.78, 5) is 7.12. The first-order chi connectivity index (χ1) is 7.22. The van der Waals surface area contributed by atoms with E-state index in [1.165, 1.54) is 0 Å². The number of rotatable bonds is 6. The largest absolute Gasteiger partial charge is 0.340 e. The van der Waals surface area contributed by atoms with E-state index in [0.29, 0.717) is 6.04 Å². The Kier molecular flexibility index (Phi) is 5.22. The van der Waals surface area contributed by atoms with E-state index in [1.54, 1.807) is 24.2 Å². The van der Waals surface area contributed by atoms with Gasteiger partial charge in [0, 0.05) is 24.2 Å². The molecule has 82 valence electrons. The molecule has 0 radical (unpaired) electrons. The van der Waals surface area contributed by atoms with Gasteiger partial charge in [-0.2, -0.15) is 5.26 Å². The zero-order chi connectivity index (χ0) is 11.1. The van der Waals surface area contributed by atoms with Crippen LogP contribution in [0, 0.1) is 11.3 Å². The van der Waals surface area contributed by atoms with E-state index >= 15 is 0 Å². The summed E-state index contributed by atoms with van der Waals surface area (Å²) in [5, 5.41) is 13.0. The molecule has 0 saturated carbocycles. The third kappa shape index (κ3) is 4.86. The minimum Gasteiger partial charge on any atom is -0.340 e. The van der Waals surface area contributed by atoms with E-state index in [9.17, 15) is 0 Å². The van der Waals surface area contributed by atoms with Gasteiger partial charge in [0.15, 0.2) is 5.16 Å². The molecule has 1 heterocycles. The average Bonchev–Trinajstić information content (AvgIpc) is 2.68. The van der Waals surface area contributed by atoms with Crippen LogP contribution in [0.2, 0.25) is 0 Å². The number of hydrogen-bond acceptors (Lipinski definition) is 4. The summed E-state index contributed by atoms with van der Waals surface area (Å²) >= 11 is 1.64. The van der Waals surface area contributed by atoms with E-state index in [0.717, 1.165) is 17.3 Å². The minimum atomic E-state index is -0.0625. The molecule has 0 saturated heterocycles. The van der Waals surface area contributed by atoms with Crippen molar-refractivity contribution < 1.29 is 0 Å². The van der Waals surface area contributed by atoms with Crippen LogP contribution in [-0.4, -0.2) is 27.8 Å². The molecule has 1 aromatic rings. The van der Waals surface area contributed by atoms with Gasteiger partial charge in [0.2, 0.25) is 0 Å². The molecule has 0 bridgehead atoms. The van der Waals surface area contributed by atoms with E-state index in [1.807, 2.05) is 13.8 Å². The highest BCUT2D eigenvalue weighted by molar-refractivity contribution is 7.99. The van der Waals surface area contributed by atoms with Crippen molar-refractivity contribution in [3.63, 3.8) is 0 Å². The molecule has 15 heavy (non-hydrogen) atoms. The van der Waals surface area contributed by atoms with Crippen LogP contribution < -0.4 is 5.32 Å². The van der Waals surface area contributed by atoms with Gasteiger partial charge < -0.3 is 4.98 Å². The van der Waals surface area contributed by atoms with E-state index in [2.05, 4.69) is 21.4 Å². The molecule has 5 heteroatoms. The number of nitrogens with zero attached hydrogens (tertiary/aromatic N) is 2. The highest BCUT2D eigenvalue weighted by atomic mass is 32.2. The molecule has 0 aromatic carbocycles. The Bertz CT molecular complexity index is 302. The van der Waals surface area contributed by atoms with Crippen LogP contribution in [0.5, 0.6) is 0 Å². The Labute approximate surface area is 94.5 Å². The van der Waals surface area contributed by atoms with Crippen LogP contribution in [0.1, 0.15) is 20.3 Å². The molecular formula is C10H16N4S. The molecule has 0 aliphatic heterocycles. The Morgan fingerprint density at radius 3 is 3.00 bits per heavy atom. The zero-order valence-electron chi connectivity index (χ0n) is 9.03. The second-order valence-electron chi connectivity index (χ2n) is 3.53. The van der Waals surface area contributed by atoms with Gasteiger partial charge in [-0.05, 0) is 20.3 Å². The van der Waals surface area contributed by atoms with Crippen LogP contribution in [0.15, 0.2) is 17.6 Å². The summed E-state index contributed by atoms with van der Waals surface area (Å²) in [7, 11) is 0. The maximum atomic E-state index is 8.89. The fourth-order valence-corrected chi connectivity index (χ4v) is 2.02. The van der Waals surface area contributed by atoms with Gasteiger partial charge >= 0.3 is 0 Å². The Morgan fingerprint density at radius 2 is 2.47 bits per heavy atom. The molecule has 2 N–H and O–H groups in total. The molecule has 1 rings (SSSR count). The van der Waals surface area contributed by atoms with Gasteiger partial charge in [0.1, 0.15) is 0 Å².